The molecule has 5 rings (SSSR count). The molecule has 1 saturated carbocycles. The summed E-state index contributed by atoms with van der Waals surface area (Å²) < 4.78 is 13.4. The van der Waals surface area contributed by atoms with Crippen molar-refractivity contribution in [3.63, 3.8) is 0 Å². The van der Waals surface area contributed by atoms with Crippen molar-refractivity contribution in [1.82, 2.24) is 19.7 Å². The van der Waals surface area contributed by atoms with E-state index < -0.39 is 0 Å². The van der Waals surface area contributed by atoms with Crippen LogP contribution in [0.2, 0.25) is 0 Å². The predicted octanol–water partition coefficient (Wildman–Crippen LogP) is 4.73. The Bertz CT molecular complexity index is 1190. The smallest absolute Gasteiger partial charge is 0.227 e. The zero-order chi connectivity index (χ0) is 22.8. The molecule has 1 aliphatic carbocycles. The summed E-state index contributed by atoms with van der Waals surface area (Å²) in [7, 11) is 0. The first-order valence-electron chi connectivity index (χ1n) is 11.4. The van der Waals surface area contributed by atoms with Crippen molar-refractivity contribution in [3.05, 3.63) is 47.9 Å². The van der Waals surface area contributed by atoms with Crippen LogP contribution in [0.25, 0.3) is 11.3 Å². The van der Waals surface area contributed by atoms with Crippen LogP contribution in [0.5, 0.6) is 5.75 Å². The van der Waals surface area contributed by atoms with E-state index in [1.165, 1.54) is 0 Å². The van der Waals surface area contributed by atoms with Gasteiger partial charge in [-0.15, -0.1) is 0 Å². The number of anilines is 2. The molecule has 0 unspecified atom stereocenters. The van der Waals surface area contributed by atoms with Crippen LogP contribution in [-0.2, 0) is 4.74 Å². The summed E-state index contributed by atoms with van der Waals surface area (Å²) >= 11 is 0. The van der Waals surface area contributed by atoms with E-state index in [9.17, 15) is 5.26 Å². The van der Waals surface area contributed by atoms with Crippen molar-refractivity contribution in [2.45, 2.75) is 45.6 Å². The molecule has 1 aromatic carbocycles. The molecular weight excluding hydrogens is 416 g/mol. The van der Waals surface area contributed by atoms with E-state index in [4.69, 9.17) is 14.5 Å². The van der Waals surface area contributed by atoms with Gasteiger partial charge in [-0.25, -0.2) is 9.97 Å². The Kier molecular flexibility index (Phi) is 5.73. The SMILES string of the molecule is Cc1cc(-c2nc(Nc3cnn(C4CCOCC4)c3)ncc2C)ccc1OCC1(C#N)CC1. The summed E-state index contributed by atoms with van der Waals surface area (Å²) in [6, 6.07) is 8.79. The molecule has 0 radical (unpaired) electrons. The lowest BCUT2D eigenvalue weighted by molar-refractivity contribution is 0.0662. The van der Waals surface area contributed by atoms with Gasteiger partial charge in [-0.3, -0.25) is 4.68 Å². The topological polar surface area (TPSA) is 97.9 Å². The standard InChI is InChI=1S/C25H28N6O2/c1-17-11-19(3-4-22(17)33-16-25(15-26)7-8-25)23-18(2)12-27-24(30-23)29-20-13-28-31(14-20)21-5-9-32-10-6-21/h3-4,11-14,21H,5-10,16H2,1-2H3,(H,27,29,30). The molecular formula is C25H28N6O2. The monoisotopic (exact) mass is 444 g/mol. The second-order valence-electron chi connectivity index (χ2n) is 9.06. The minimum absolute atomic E-state index is 0.284. The van der Waals surface area contributed by atoms with E-state index in [1.54, 1.807) is 0 Å². The van der Waals surface area contributed by atoms with Crippen LogP contribution in [0.1, 0.15) is 42.9 Å². The average molecular weight is 445 g/mol. The Morgan fingerprint density at radius 2 is 2.03 bits per heavy atom. The zero-order valence-electron chi connectivity index (χ0n) is 19.0. The van der Waals surface area contributed by atoms with Crippen molar-refractivity contribution in [1.29, 1.82) is 5.26 Å². The van der Waals surface area contributed by atoms with Crippen LogP contribution in [0, 0.1) is 30.6 Å². The molecule has 170 valence electrons. The Hall–Kier alpha value is -3.44. The van der Waals surface area contributed by atoms with Crippen LogP contribution >= 0.6 is 0 Å². The minimum Gasteiger partial charge on any atom is -0.492 e. The van der Waals surface area contributed by atoms with E-state index in [0.29, 0.717) is 18.6 Å². The van der Waals surface area contributed by atoms with E-state index >= 15 is 0 Å². The molecule has 8 nitrogen and oxygen atoms in total. The third-order valence-electron chi connectivity index (χ3n) is 6.44. The number of nitrogens with zero attached hydrogens (tertiary/aromatic N) is 5. The van der Waals surface area contributed by atoms with Crippen LogP contribution in [0.15, 0.2) is 36.8 Å². The van der Waals surface area contributed by atoms with Crippen molar-refractivity contribution in [2.75, 3.05) is 25.1 Å². The number of hydrogen-bond donors (Lipinski definition) is 1. The van der Waals surface area contributed by atoms with Gasteiger partial charge in [-0.1, -0.05) is 0 Å². The highest BCUT2D eigenvalue weighted by molar-refractivity contribution is 5.66. The van der Waals surface area contributed by atoms with Crippen LogP contribution in [-0.4, -0.2) is 39.6 Å². The van der Waals surface area contributed by atoms with E-state index in [1.807, 2.05) is 49.3 Å². The number of nitriles is 1. The average Bonchev–Trinajstić information content (AvgIpc) is 3.48. The number of aryl methyl sites for hydroxylation is 2. The first-order chi connectivity index (χ1) is 16.0. The molecule has 33 heavy (non-hydrogen) atoms. The molecule has 2 aliphatic rings. The Balaban J connectivity index is 1.31. The van der Waals surface area contributed by atoms with E-state index in [0.717, 1.165) is 72.7 Å². The van der Waals surface area contributed by atoms with Gasteiger partial charge in [-0.05, 0) is 68.9 Å². The molecule has 0 amide bonds. The summed E-state index contributed by atoms with van der Waals surface area (Å²) in [6.07, 6.45) is 9.43. The van der Waals surface area contributed by atoms with E-state index in [2.05, 4.69) is 27.5 Å². The number of benzene rings is 1. The van der Waals surface area contributed by atoms with Gasteiger partial charge >= 0.3 is 0 Å². The highest BCUT2D eigenvalue weighted by Crippen LogP contribution is 2.45. The van der Waals surface area contributed by atoms with Gasteiger partial charge in [0.2, 0.25) is 5.95 Å². The lowest BCUT2D eigenvalue weighted by atomic mass is 10.0. The lowest BCUT2D eigenvalue weighted by Gasteiger charge is -2.22. The molecule has 0 bridgehead atoms. The van der Waals surface area contributed by atoms with Gasteiger partial charge in [0, 0.05) is 31.2 Å². The first kappa shape index (κ1) is 21.4. The van der Waals surface area contributed by atoms with Gasteiger partial charge in [0.1, 0.15) is 12.4 Å². The zero-order valence-corrected chi connectivity index (χ0v) is 19.0. The van der Waals surface area contributed by atoms with Gasteiger partial charge < -0.3 is 14.8 Å². The molecule has 1 N–H and O–H groups in total. The molecule has 2 fully saturated rings. The summed E-state index contributed by atoms with van der Waals surface area (Å²) in [4.78, 5) is 9.24. The van der Waals surface area contributed by atoms with Crippen LogP contribution < -0.4 is 10.1 Å². The second kappa shape index (κ2) is 8.83. The third-order valence-corrected chi connectivity index (χ3v) is 6.44. The predicted molar refractivity (Wildman–Crippen MR) is 124 cm³/mol. The number of hydrogen-bond acceptors (Lipinski definition) is 7. The van der Waals surface area contributed by atoms with Gasteiger partial charge in [0.25, 0.3) is 0 Å². The number of nitrogens with one attached hydrogen (secondary N) is 1. The molecule has 3 heterocycles. The van der Waals surface area contributed by atoms with Gasteiger partial charge in [-0.2, -0.15) is 10.4 Å². The summed E-state index contributed by atoms with van der Waals surface area (Å²) in [5, 5.41) is 17.1. The fourth-order valence-corrected chi connectivity index (χ4v) is 4.09. The van der Waals surface area contributed by atoms with Crippen molar-refractivity contribution in [3.8, 4) is 23.1 Å². The van der Waals surface area contributed by atoms with Gasteiger partial charge in [0.05, 0.1) is 35.1 Å². The van der Waals surface area contributed by atoms with Crippen molar-refractivity contribution < 1.29 is 9.47 Å². The Morgan fingerprint density at radius 1 is 1.21 bits per heavy atom. The van der Waals surface area contributed by atoms with Crippen LogP contribution in [0.3, 0.4) is 0 Å². The quantitative estimate of drug-likeness (QED) is 0.562. The second-order valence-corrected chi connectivity index (χ2v) is 9.06. The number of aromatic nitrogens is 4. The molecule has 8 heteroatoms. The first-order valence-corrected chi connectivity index (χ1v) is 11.4. The number of rotatable bonds is 7. The maximum atomic E-state index is 9.27. The number of ether oxygens (including phenoxy) is 2. The molecule has 2 aromatic heterocycles. The minimum atomic E-state index is -0.284. The molecule has 0 atom stereocenters. The van der Waals surface area contributed by atoms with Crippen molar-refractivity contribution >= 4 is 11.6 Å². The molecule has 1 saturated heterocycles. The molecule has 0 spiro atoms. The highest BCUT2D eigenvalue weighted by Gasteiger charge is 2.44. The molecule has 1 aliphatic heterocycles. The maximum absolute atomic E-state index is 9.27. The summed E-state index contributed by atoms with van der Waals surface area (Å²) in [5.41, 5.74) is 4.46. The highest BCUT2D eigenvalue weighted by atomic mass is 16.5. The van der Waals surface area contributed by atoms with E-state index in [-0.39, 0.29) is 5.41 Å². The summed E-state index contributed by atoms with van der Waals surface area (Å²) in [5.74, 6) is 1.34. The summed E-state index contributed by atoms with van der Waals surface area (Å²) in [6.45, 7) is 6.03. The lowest BCUT2D eigenvalue weighted by Crippen LogP contribution is -2.19. The van der Waals surface area contributed by atoms with Crippen molar-refractivity contribution in [2.24, 2.45) is 5.41 Å². The maximum Gasteiger partial charge on any atom is 0.227 e. The normalized spacial score (nSPS) is 17.4. The fraction of sp³-hybridized carbons (Fsp3) is 0.440. The van der Waals surface area contributed by atoms with Crippen LogP contribution in [0.4, 0.5) is 11.6 Å². The third kappa shape index (κ3) is 4.69. The molecule has 3 aromatic rings. The Morgan fingerprint density at radius 3 is 2.76 bits per heavy atom. The van der Waals surface area contributed by atoms with Gasteiger partial charge in [0.15, 0.2) is 0 Å². The fourth-order valence-electron chi connectivity index (χ4n) is 4.09. The Labute approximate surface area is 193 Å². The largest absolute Gasteiger partial charge is 0.492 e.